The Labute approximate surface area is 188 Å². The highest BCUT2D eigenvalue weighted by Gasteiger charge is 2.31. The van der Waals surface area contributed by atoms with Crippen molar-refractivity contribution in [3.8, 4) is 5.75 Å². The molecule has 0 saturated heterocycles. The fraction of sp³-hybridized carbons (Fsp3) is 0.333. The number of alkyl halides is 3. The molecule has 1 aliphatic rings. The first kappa shape index (κ1) is 22.8. The topological polar surface area (TPSA) is 99.5 Å². The number of carbonyl (C=O) groups excluding carboxylic acids is 2. The molecule has 33 heavy (non-hydrogen) atoms. The standard InChI is InChI=1S/C21H18F3N3O5S/c1-10-15-18(26-14-4-3-9-27(14)19(15)29)33-16(10)20(30)31-11(2)17(28)25-12-5-7-13(8-6-12)32-21(22,23)24/h5-8,11H,3-4,9H2,1-2H3,(H,25,28). The van der Waals surface area contributed by atoms with Crippen molar-refractivity contribution in [2.45, 2.75) is 45.7 Å². The number of ether oxygens (including phenoxy) is 2. The Kier molecular flexibility index (Phi) is 5.87. The minimum Gasteiger partial charge on any atom is -0.448 e. The number of aromatic nitrogens is 2. The van der Waals surface area contributed by atoms with Crippen LogP contribution in [0.1, 0.15) is 34.4 Å². The lowest BCUT2D eigenvalue weighted by Crippen LogP contribution is -2.30. The maximum atomic E-state index is 12.8. The Morgan fingerprint density at radius 2 is 1.94 bits per heavy atom. The van der Waals surface area contributed by atoms with E-state index in [1.54, 1.807) is 11.5 Å². The molecule has 1 aromatic carbocycles. The highest BCUT2D eigenvalue weighted by atomic mass is 32.1. The fourth-order valence-corrected chi connectivity index (χ4v) is 4.59. The summed E-state index contributed by atoms with van der Waals surface area (Å²) in [6.07, 6.45) is -4.48. The number of rotatable bonds is 5. The quantitative estimate of drug-likeness (QED) is 0.557. The molecule has 0 bridgehead atoms. The van der Waals surface area contributed by atoms with Crippen molar-refractivity contribution in [2.75, 3.05) is 5.32 Å². The van der Waals surface area contributed by atoms with Crippen LogP contribution in [0.5, 0.6) is 5.75 Å². The molecule has 1 N–H and O–H groups in total. The van der Waals surface area contributed by atoms with Crippen molar-refractivity contribution < 1.29 is 32.2 Å². The summed E-state index contributed by atoms with van der Waals surface area (Å²) in [6, 6.07) is 4.54. The number of nitrogens with one attached hydrogen (secondary N) is 1. The summed E-state index contributed by atoms with van der Waals surface area (Å²) in [7, 11) is 0. The Balaban J connectivity index is 1.45. The van der Waals surface area contributed by atoms with E-state index in [9.17, 15) is 27.6 Å². The number of anilines is 1. The van der Waals surface area contributed by atoms with E-state index in [4.69, 9.17) is 4.74 Å². The number of thiophene rings is 1. The van der Waals surface area contributed by atoms with Crippen LogP contribution in [0.3, 0.4) is 0 Å². The van der Waals surface area contributed by atoms with Gasteiger partial charge in [0.1, 0.15) is 21.3 Å². The maximum Gasteiger partial charge on any atom is 0.573 e. The molecule has 0 aliphatic carbocycles. The number of hydrogen-bond donors (Lipinski definition) is 1. The van der Waals surface area contributed by atoms with E-state index in [0.29, 0.717) is 34.6 Å². The summed E-state index contributed by atoms with van der Waals surface area (Å²) in [5, 5.41) is 2.82. The van der Waals surface area contributed by atoms with Gasteiger partial charge in [-0.2, -0.15) is 0 Å². The van der Waals surface area contributed by atoms with Gasteiger partial charge in [0.05, 0.1) is 5.39 Å². The summed E-state index contributed by atoms with van der Waals surface area (Å²) in [5.41, 5.74) is 0.457. The van der Waals surface area contributed by atoms with Crippen LogP contribution in [-0.4, -0.2) is 33.9 Å². The summed E-state index contributed by atoms with van der Waals surface area (Å²) < 4.78 is 47.3. The van der Waals surface area contributed by atoms with Gasteiger partial charge in [-0.15, -0.1) is 24.5 Å². The molecule has 1 amide bonds. The number of fused-ring (bicyclic) bond motifs is 2. The Morgan fingerprint density at radius 3 is 2.61 bits per heavy atom. The highest BCUT2D eigenvalue weighted by Crippen LogP contribution is 2.29. The molecule has 4 rings (SSSR count). The lowest BCUT2D eigenvalue weighted by molar-refractivity contribution is -0.274. The lowest BCUT2D eigenvalue weighted by atomic mass is 10.2. The molecule has 12 heteroatoms. The van der Waals surface area contributed by atoms with Crippen LogP contribution < -0.4 is 15.6 Å². The van der Waals surface area contributed by atoms with Crippen LogP contribution in [0.4, 0.5) is 18.9 Å². The number of amides is 1. The summed E-state index contributed by atoms with van der Waals surface area (Å²) in [4.78, 5) is 43.0. The molecule has 0 radical (unpaired) electrons. The summed E-state index contributed by atoms with van der Waals surface area (Å²) in [6.45, 7) is 3.58. The third kappa shape index (κ3) is 4.70. The van der Waals surface area contributed by atoms with Crippen molar-refractivity contribution in [1.82, 2.24) is 9.55 Å². The first-order valence-corrected chi connectivity index (χ1v) is 10.8. The smallest absolute Gasteiger partial charge is 0.448 e. The second-order valence-electron chi connectivity index (χ2n) is 7.43. The van der Waals surface area contributed by atoms with Gasteiger partial charge < -0.3 is 14.8 Å². The molecule has 3 aromatic rings. The molecule has 0 fully saturated rings. The zero-order chi connectivity index (χ0) is 23.9. The molecule has 1 aliphatic heterocycles. The van der Waals surface area contributed by atoms with E-state index in [-0.39, 0.29) is 16.1 Å². The third-order valence-corrected chi connectivity index (χ3v) is 6.27. The average molecular weight is 481 g/mol. The van der Waals surface area contributed by atoms with Crippen molar-refractivity contribution in [2.24, 2.45) is 0 Å². The SMILES string of the molecule is Cc1c(C(=O)OC(C)C(=O)Nc2ccc(OC(F)(F)F)cc2)sc2nc3n(c(=O)c12)CCC3. The van der Waals surface area contributed by atoms with E-state index in [2.05, 4.69) is 15.0 Å². The third-order valence-electron chi connectivity index (χ3n) is 5.11. The normalized spacial score (nSPS) is 14.1. The van der Waals surface area contributed by atoms with Crippen molar-refractivity contribution in [3.05, 3.63) is 50.9 Å². The van der Waals surface area contributed by atoms with Crippen LogP contribution >= 0.6 is 11.3 Å². The minimum atomic E-state index is -4.82. The number of nitrogens with zero attached hydrogens (tertiary/aromatic N) is 2. The molecule has 8 nitrogen and oxygen atoms in total. The monoisotopic (exact) mass is 481 g/mol. The first-order valence-electron chi connectivity index (χ1n) is 9.94. The van der Waals surface area contributed by atoms with Gasteiger partial charge in [0.15, 0.2) is 6.10 Å². The predicted octanol–water partition coefficient (Wildman–Crippen LogP) is 3.80. The van der Waals surface area contributed by atoms with Gasteiger partial charge in [-0.25, -0.2) is 9.78 Å². The summed E-state index contributed by atoms with van der Waals surface area (Å²) >= 11 is 1.04. The van der Waals surface area contributed by atoms with Crippen LogP contribution in [0.15, 0.2) is 29.1 Å². The van der Waals surface area contributed by atoms with Gasteiger partial charge in [-0.1, -0.05) is 0 Å². The number of carbonyl (C=O) groups is 2. The second kappa shape index (κ2) is 8.50. The largest absolute Gasteiger partial charge is 0.573 e. The van der Waals surface area contributed by atoms with Crippen LogP contribution in [0, 0.1) is 6.92 Å². The highest BCUT2D eigenvalue weighted by molar-refractivity contribution is 7.20. The number of aryl methyl sites for hydroxylation is 2. The predicted molar refractivity (Wildman–Crippen MR) is 114 cm³/mol. The molecule has 2 aromatic heterocycles. The Bertz CT molecular complexity index is 1300. The van der Waals surface area contributed by atoms with E-state index in [0.717, 1.165) is 29.9 Å². The molecule has 1 unspecified atom stereocenters. The second-order valence-corrected chi connectivity index (χ2v) is 8.43. The molecule has 0 saturated carbocycles. The summed E-state index contributed by atoms with van der Waals surface area (Å²) in [5.74, 6) is -1.19. The maximum absolute atomic E-state index is 12.8. The van der Waals surface area contributed by atoms with E-state index in [1.165, 1.54) is 19.1 Å². The average Bonchev–Trinajstić information content (AvgIpc) is 3.33. The van der Waals surface area contributed by atoms with Gasteiger partial charge >= 0.3 is 12.3 Å². The zero-order valence-electron chi connectivity index (χ0n) is 17.5. The van der Waals surface area contributed by atoms with Crippen LogP contribution in [0.2, 0.25) is 0 Å². The lowest BCUT2D eigenvalue weighted by Gasteiger charge is -2.14. The van der Waals surface area contributed by atoms with Crippen molar-refractivity contribution in [3.63, 3.8) is 0 Å². The molecule has 174 valence electrons. The van der Waals surface area contributed by atoms with Gasteiger partial charge in [0, 0.05) is 18.7 Å². The molecule has 1 atom stereocenters. The van der Waals surface area contributed by atoms with Gasteiger partial charge in [-0.3, -0.25) is 14.2 Å². The zero-order valence-corrected chi connectivity index (χ0v) is 18.3. The van der Waals surface area contributed by atoms with Gasteiger partial charge in [0.25, 0.3) is 11.5 Å². The van der Waals surface area contributed by atoms with Crippen LogP contribution in [-0.2, 0) is 22.5 Å². The van der Waals surface area contributed by atoms with Gasteiger partial charge in [0.2, 0.25) is 0 Å². The molecule has 3 heterocycles. The molecular weight excluding hydrogens is 463 g/mol. The first-order chi connectivity index (χ1) is 15.5. The van der Waals surface area contributed by atoms with Crippen molar-refractivity contribution in [1.29, 1.82) is 0 Å². The minimum absolute atomic E-state index is 0.187. The van der Waals surface area contributed by atoms with Crippen molar-refractivity contribution >= 4 is 39.1 Å². The van der Waals surface area contributed by atoms with E-state index in [1.807, 2.05) is 0 Å². The number of hydrogen-bond acceptors (Lipinski definition) is 7. The number of benzene rings is 1. The fourth-order valence-electron chi connectivity index (χ4n) is 3.52. The number of esters is 1. The molecular formula is C21H18F3N3O5S. The molecule has 0 spiro atoms. The number of halogens is 3. The van der Waals surface area contributed by atoms with E-state index < -0.39 is 30.1 Å². The van der Waals surface area contributed by atoms with Crippen LogP contribution in [0.25, 0.3) is 10.2 Å². The Morgan fingerprint density at radius 1 is 1.24 bits per heavy atom. The van der Waals surface area contributed by atoms with Gasteiger partial charge in [-0.05, 0) is 50.1 Å². The Hall–Kier alpha value is -3.41. The van der Waals surface area contributed by atoms with E-state index >= 15 is 0 Å².